The average molecular weight is 228 g/mol. The molecule has 84 valence electrons. The summed E-state index contributed by atoms with van der Waals surface area (Å²) >= 11 is 0. The molecule has 0 spiro atoms. The van der Waals surface area contributed by atoms with E-state index in [-0.39, 0.29) is 5.56 Å². The zero-order valence-corrected chi connectivity index (χ0v) is 8.89. The summed E-state index contributed by atoms with van der Waals surface area (Å²) in [6, 6.07) is 6.30. The Kier molecular flexibility index (Phi) is 3.26. The van der Waals surface area contributed by atoms with Gasteiger partial charge < -0.3 is 5.32 Å². The van der Waals surface area contributed by atoms with Gasteiger partial charge in [-0.25, -0.2) is 14.4 Å². The number of hydrogen-bond acceptors (Lipinski definition) is 4. The summed E-state index contributed by atoms with van der Waals surface area (Å²) in [5.74, 6) is -0.526. The van der Waals surface area contributed by atoms with Crippen LogP contribution in [0.2, 0.25) is 0 Å². The molecule has 1 N–H and O–H groups in total. The Bertz CT molecular complexity index is 548. The fourth-order valence-corrected chi connectivity index (χ4v) is 1.40. The van der Waals surface area contributed by atoms with Gasteiger partial charge in [0, 0.05) is 24.5 Å². The molecule has 1 aromatic carbocycles. The number of nitriles is 1. The summed E-state index contributed by atoms with van der Waals surface area (Å²) in [5, 5.41) is 11.8. The highest BCUT2D eigenvalue weighted by atomic mass is 19.1. The van der Waals surface area contributed by atoms with Crippen LogP contribution in [-0.2, 0) is 6.54 Å². The van der Waals surface area contributed by atoms with Gasteiger partial charge in [-0.3, -0.25) is 0 Å². The SMILES string of the molecule is N#Cc1c(F)cccc1NCc1cncnc1. The maximum atomic E-state index is 13.3. The molecule has 5 heteroatoms. The average Bonchev–Trinajstić information content (AvgIpc) is 2.37. The number of rotatable bonds is 3. The molecule has 0 bridgehead atoms. The molecule has 17 heavy (non-hydrogen) atoms. The lowest BCUT2D eigenvalue weighted by atomic mass is 10.2. The lowest BCUT2D eigenvalue weighted by molar-refractivity contribution is 0.624. The predicted molar refractivity (Wildman–Crippen MR) is 60.5 cm³/mol. The molecular weight excluding hydrogens is 219 g/mol. The second-order valence-electron chi connectivity index (χ2n) is 3.37. The summed E-state index contributed by atoms with van der Waals surface area (Å²) < 4.78 is 13.3. The number of anilines is 1. The molecule has 2 rings (SSSR count). The molecule has 0 fully saturated rings. The van der Waals surface area contributed by atoms with Crippen LogP contribution in [0.4, 0.5) is 10.1 Å². The Morgan fingerprint density at radius 1 is 1.29 bits per heavy atom. The number of aromatic nitrogens is 2. The molecular formula is C12H9FN4. The lowest BCUT2D eigenvalue weighted by Gasteiger charge is -2.07. The third-order valence-electron chi connectivity index (χ3n) is 2.22. The molecule has 1 heterocycles. The molecule has 0 aliphatic rings. The summed E-state index contributed by atoms with van der Waals surface area (Å²) in [4.78, 5) is 7.73. The third-order valence-corrected chi connectivity index (χ3v) is 2.22. The fraction of sp³-hybridized carbons (Fsp3) is 0.0833. The number of halogens is 1. The first kappa shape index (κ1) is 11.0. The van der Waals surface area contributed by atoms with Crippen LogP contribution in [0.25, 0.3) is 0 Å². The van der Waals surface area contributed by atoms with Crippen LogP contribution in [0.1, 0.15) is 11.1 Å². The Morgan fingerprint density at radius 3 is 2.76 bits per heavy atom. The third kappa shape index (κ3) is 2.55. The zero-order chi connectivity index (χ0) is 12.1. The van der Waals surface area contributed by atoms with E-state index in [0.29, 0.717) is 12.2 Å². The molecule has 0 amide bonds. The number of hydrogen-bond donors (Lipinski definition) is 1. The molecule has 0 atom stereocenters. The fourth-order valence-electron chi connectivity index (χ4n) is 1.40. The van der Waals surface area contributed by atoms with Gasteiger partial charge in [0.05, 0.1) is 5.69 Å². The Hall–Kier alpha value is -2.48. The van der Waals surface area contributed by atoms with Crippen molar-refractivity contribution in [3.63, 3.8) is 0 Å². The van der Waals surface area contributed by atoms with E-state index in [4.69, 9.17) is 5.26 Å². The maximum absolute atomic E-state index is 13.3. The van der Waals surface area contributed by atoms with Crippen molar-refractivity contribution >= 4 is 5.69 Å². The van der Waals surface area contributed by atoms with Gasteiger partial charge >= 0.3 is 0 Å². The summed E-state index contributed by atoms with van der Waals surface area (Å²) in [5.41, 5.74) is 1.35. The minimum atomic E-state index is -0.526. The number of benzene rings is 1. The first-order valence-corrected chi connectivity index (χ1v) is 4.97. The van der Waals surface area contributed by atoms with E-state index in [1.807, 2.05) is 6.07 Å². The standard InChI is InChI=1S/C12H9FN4/c13-11-2-1-3-12(10(11)4-14)17-7-9-5-15-8-16-6-9/h1-3,5-6,8,17H,7H2. The van der Waals surface area contributed by atoms with Gasteiger partial charge in [-0.05, 0) is 12.1 Å². The highest BCUT2D eigenvalue weighted by Gasteiger charge is 2.06. The number of nitrogens with one attached hydrogen (secondary N) is 1. The largest absolute Gasteiger partial charge is 0.380 e. The van der Waals surface area contributed by atoms with E-state index in [9.17, 15) is 4.39 Å². The van der Waals surface area contributed by atoms with Crippen LogP contribution < -0.4 is 5.32 Å². The molecule has 0 unspecified atom stereocenters. The van der Waals surface area contributed by atoms with Crippen LogP contribution in [0.15, 0.2) is 36.9 Å². The Morgan fingerprint density at radius 2 is 2.06 bits per heavy atom. The molecule has 0 aliphatic heterocycles. The van der Waals surface area contributed by atoms with Gasteiger partial charge in [-0.1, -0.05) is 6.07 Å². The van der Waals surface area contributed by atoms with E-state index >= 15 is 0 Å². The van der Waals surface area contributed by atoms with Crippen LogP contribution in [0, 0.1) is 17.1 Å². The van der Waals surface area contributed by atoms with Gasteiger partial charge in [0.1, 0.15) is 23.8 Å². The monoisotopic (exact) mass is 228 g/mol. The zero-order valence-electron chi connectivity index (χ0n) is 8.89. The molecule has 1 aromatic heterocycles. The van der Waals surface area contributed by atoms with Gasteiger partial charge in [0.25, 0.3) is 0 Å². The topological polar surface area (TPSA) is 61.6 Å². The van der Waals surface area contributed by atoms with Crippen molar-refractivity contribution in [3.05, 3.63) is 53.9 Å². The molecule has 2 aromatic rings. The van der Waals surface area contributed by atoms with Crippen molar-refractivity contribution in [1.82, 2.24) is 9.97 Å². The number of nitrogens with zero attached hydrogens (tertiary/aromatic N) is 3. The minimum Gasteiger partial charge on any atom is -0.380 e. The first-order valence-electron chi connectivity index (χ1n) is 4.97. The molecule has 0 saturated carbocycles. The van der Waals surface area contributed by atoms with Crippen molar-refractivity contribution in [2.24, 2.45) is 0 Å². The van der Waals surface area contributed by atoms with Gasteiger partial charge in [-0.2, -0.15) is 5.26 Å². The van der Waals surface area contributed by atoms with Crippen LogP contribution >= 0.6 is 0 Å². The van der Waals surface area contributed by atoms with E-state index in [1.54, 1.807) is 24.5 Å². The van der Waals surface area contributed by atoms with Crippen molar-refractivity contribution in [2.45, 2.75) is 6.54 Å². The van der Waals surface area contributed by atoms with E-state index in [2.05, 4.69) is 15.3 Å². The van der Waals surface area contributed by atoms with Gasteiger partial charge in [-0.15, -0.1) is 0 Å². The Labute approximate surface area is 97.8 Å². The van der Waals surface area contributed by atoms with Crippen molar-refractivity contribution in [3.8, 4) is 6.07 Å². The van der Waals surface area contributed by atoms with Crippen LogP contribution in [0.3, 0.4) is 0 Å². The molecule has 0 saturated heterocycles. The quantitative estimate of drug-likeness (QED) is 0.873. The van der Waals surface area contributed by atoms with Gasteiger partial charge in [0.2, 0.25) is 0 Å². The van der Waals surface area contributed by atoms with E-state index < -0.39 is 5.82 Å². The second kappa shape index (κ2) is 5.03. The van der Waals surface area contributed by atoms with E-state index in [0.717, 1.165) is 5.56 Å². The highest BCUT2D eigenvalue weighted by Crippen LogP contribution is 2.18. The molecule has 0 aliphatic carbocycles. The van der Waals surface area contributed by atoms with Gasteiger partial charge in [0.15, 0.2) is 0 Å². The maximum Gasteiger partial charge on any atom is 0.143 e. The second-order valence-corrected chi connectivity index (χ2v) is 3.37. The molecule has 4 nitrogen and oxygen atoms in total. The summed E-state index contributed by atoms with van der Waals surface area (Å²) in [7, 11) is 0. The predicted octanol–water partition coefficient (Wildman–Crippen LogP) is 2.10. The summed E-state index contributed by atoms with van der Waals surface area (Å²) in [6.07, 6.45) is 4.75. The Balaban J connectivity index is 2.15. The minimum absolute atomic E-state index is 0.0179. The lowest BCUT2D eigenvalue weighted by Crippen LogP contribution is -2.03. The molecule has 0 radical (unpaired) electrons. The van der Waals surface area contributed by atoms with Crippen LogP contribution in [-0.4, -0.2) is 9.97 Å². The normalized spacial score (nSPS) is 9.65. The van der Waals surface area contributed by atoms with Crippen LogP contribution in [0.5, 0.6) is 0 Å². The smallest absolute Gasteiger partial charge is 0.143 e. The van der Waals surface area contributed by atoms with E-state index in [1.165, 1.54) is 12.4 Å². The van der Waals surface area contributed by atoms with Crippen molar-refractivity contribution < 1.29 is 4.39 Å². The van der Waals surface area contributed by atoms with Crippen molar-refractivity contribution in [2.75, 3.05) is 5.32 Å². The highest BCUT2D eigenvalue weighted by molar-refractivity contribution is 5.57. The van der Waals surface area contributed by atoms with Crippen molar-refractivity contribution in [1.29, 1.82) is 5.26 Å². The first-order chi connectivity index (χ1) is 8.31. The summed E-state index contributed by atoms with van der Waals surface area (Å²) in [6.45, 7) is 0.443.